The number of nitrogens with one attached hydrogen (secondary N) is 2. The first kappa shape index (κ1) is 23.8. The number of aliphatic hydroxyl groups excluding tert-OH is 1. The summed E-state index contributed by atoms with van der Waals surface area (Å²) in [4.78, 5) is 31.0. The molecule has 0 aliphatic carbocycles. The van der Waals surface area contributed by atoms with Gasteiger partial charge in [-0.05, 0) is 50.1 Å². The molecule has 0 radical (unpaired) electrons. The molecule has 0 spiro atoms. The minimum absolute atomic E-state index is 0.235. The molecule has 2 aliphatic rings. The van der Waals surface area contributed by atoms with Crippen LogP contribution in [0.15, 0.2) is 54.6 Å². The summed E-state index contributed by atoms with van der Waals surface area (Å²) in [6, 6.07) is 15.6. The fourth-order valence-electron chi connectivity index (χ4n) is 4.85. The van der Waals surface area contributed by atoms with Gasteiger partial charge >= 0.3 is 0 Å². The highest BCUT2D eigenvalue weighted by Gasteiger charge is 2.49. The van der Waals surface area contributed by atoms with Gasteiger partial charge in [0.1, 0.15) is 17.9 Å². The van der Waals surface area contributed by atoms with E-state index in [4.69, 9.17) is 21.1 Å². The summed E-state index contributed by atoms with van der Waals surface area (Å²) in [5, 5.41) is 15.3. The largest absolute Gasteiger partial charge is 0.381 e. The smallest absolute Gasteiger partial charge is 0.268 e. The average Bonchev–Trinajstić information content (AvgIpc) is 3.48. The number of aliphatic hydroxyl groups is 1. The number of aromatic nitrogens is 1. The van der Waals surface area contributed by atoms with Crippen LogP contribution in [0, 0.1) is 0 Å². The molecule has 2 saturated heterocycles. The third-order valence-corrected chi connectivity index (χ3v) is 6.71. The van der Waals surface area contributed by atoms with Crippen LogP contribution >= 0.6 is 11.6 Å². The molecule has 35 heavy (non-hydrogen) atoms. The highest BCUT2D eigenvalue weighted by atomic mass is 35.5. The highest BCUT2D eigenvalue weighted by Crippen LogP contribution is 2.33. The Bertz CT molecular complexity index is 1230. The van der Waals surface area contributed by atoms with Crippen molar-refractivity contribution in [3.63, 3.8) is 0 Å². The van der Waals surface area contributed by atoms with E-state index in [9.17, 15) is 14.7 Å². The number of benzene rings is 2. The molecule has 3 heterocycles. The molecule has 1 aromatic heterocycles. The molecule has 2 aliphatic heterocycles. The van der Waals surface area contributed by atoms with E-state index in [1.54, 1.807) is 29.2 Å². The maximum atomic E-state index is 13.3. The van der Waals surface area contributed by atoms with Crippen LogP contribution in [0.5, 0.6) is 0 Å². The predicted octanol–water partition coefficient (Wildman–Crippen LogP) is 2.89. The normalized spacial score (nSPS) is 22.7. The molecule has 184 valence electrons. The number of rotatable bonds is 6. The van der Waals surface area contributed by atoms with Crippen molar-refractivity contribution in [2.75, 3.05) is 13.1 Å². The lowest BCUT2D eigenvalue weighted by Gasteiger charge is -2.28. The van der Waals surface area contributed by atoms with Gasteiger partial charge < -0.3 is 29.8 Å². The maximum Gasteiger partial charge on any atom is 0.268 e. The van der Waals surface area contributed by atoms with Crippen molar-refractivity contribution in [3.8, 4) is 0 Å². The Kier molecular flexibility index (Phi) is 6.31. The molecule has 0 bridgehead atoms. The lowest BCUT2D eigenvalue weighted by Crippen LogP contribution is -2.53. The van der Waals surface area contributed by atoms with Crippen molar-refractivity contribution < 1.29 is 24.2 Å². The molecule has 9 heteroatoms. The Hall–Kier alpha value is -2.91. The third-order valence-electron chi connectivity index (χ3n) is 6.47. The molecule has 8 nitrogen and oxygen atoms in total. The Balaban J connectivity index is 1.33. The van der Waals surface area contributed by atoms with Gasteiger partial charge in [-0.3, -0.25) is 9.59 Å². The number of ether oxygens (including phenoxy) is 2. The number of hydrogen-bond donors (Lipinski definition) is 3. The zero-order valence-electron chi connectivity index (χ0n) is 19.5. The van der Waals surface area contributed by atoms with Gasteiger partial charge in [0.25, 0.3) is 11.8 Å². The SMILES string of the molecule is CC1(C)O[C@H]2CN(C(=O)[C@H](O)C(Cc3ccccc3)NC(=O)c3cc4cc(Cl)ccc4[nH]3)C[C@H]2O1. The van der Waals surface area contributed by atoms with Crippen LogP contribution in [0.3, 0.4) is 0 Å². The van der Waals surface area contributed by atoms with Crippen molar-refractivity contribution >= 4 is 34.3 Å². The van der Waals surface area contributed by atoms with Gasteiger partial charge in [-0.15, -0.1) is 0 Å². The average molecular weight is 498 g/mol. The zero-order valence-corrected chi connectivity index (χ0v) is 20.3. The number of halogens is 1. The maximum absolute atomic E-state index is 13.3. The first-order valence-corrected chi connectivity index (χ1v) is 12.0. The monoisotopic (exact) mass is 497 g/mol. The Morgan fingerprint density at radius 2 is 1.83 bits per heavy atom. The first-order valence-electron chi connectivity index (χ1n) is 11.6. The molecule has 2 amide bonds. The summed E-state index contributed by atoms with van der Waals surface area (Å²) in [6.45, 7) is 4.35. The van der Waals surface area contributed by atoms with Crippen molar-refractivity contribution in [2.45, 2.75) is 50.4 Å². The molecule has 3 N–H and O–H groups in total. The fourth-order valence-corrected chi connectivity index (χ4v) is 5.03. The summed E-state index contributed by atoms with van der Waals surface area (Å²) in [6.07, 6.45) is -1.63. The quantitative estimate of drug-likeness (QED) is 0.486. The van der Waals surface area contributed by atoms with Crippen molar-refractivity contribution in [1.82, 2.24) is 15.2 Å². The van der Waals surface area contributed by atoms with Crippen LogP contribution in [0.1, 0.15) is 29.9 Å². The second-order valence-electron chi connectivity index (χ2n) is 9.58. The second kappa shape index (κ2) is 9.28. The fraction of sp³-hybridized carbons (Fsp3) is 0.385. The molecule has 2 fully saturated rings. The van der Waals surface area contributed by atoms with Gasteiger partial charge in [-0.2, -0.15) is 0 Å². The van der Waals surface area contributed by atoms with E-state index in [1.807, 2.05) is 44.2 Å². The third kappa shape index (κ3) is 5.06. The lowest BCUT2D eigenvalue weighted by molar-refractivity contribution is -0.163. The van der Waals surface area contributed by atoms with Crippen LogP contribution in [0.25, 0.3) is 10.9 Å². The molecule has 2 aromatic carbocycles. The van der Waals surface area contributed by atoms with E-state index in [-0.39, 0.29) is 18.6 Å². The molecule has 1 unspecified atom stereocenters. The summed E-state index contributed by atoms with van der Waals surface area (Å²) in [7, 11) is 0. The summed E-state index contributed by atoms with van der Waals surface area (Å²) in [5.74, 6) is -1.57. The van der Waals surface area contributed by atoms with Gasteiger partial charge in [-0.25, -0.2) is 0 Å². The molecular formula is C26H28ClN3O5. The van der Waals surface area contributed by atoms with Crippen molar-refractivity contribution in [3.05, 3.63) is 70.9 Å². The number of carbonyl (C=O) groups is 2. The van der Waals surface area contributed by atoms with Crippen LogP contribution in [-0.4, -0.2) is 70.0 Å². The number of H-pyrrole nitrogens is 1. The van der Waals surface area contributed by atoms with Crippen LogP contribution < -0.4 is 5.32 Å². The van der Waals surface area contributed by atoms with Crippen LogP contribution in [-0.2, 0) is 20.7 Å². The van der Waals surface area contributed by atoms with Crippen LogP contribution in [0.2, 0.25) is 5.02 Å². The first-order chi connectivity index (χ1) is 16.7. The summed E-state index contributed by atoms with van der Waals surface area (Å²) in [5.41, 5.74) is 1.97. The molecule has 0 saturated carbocycles. The minimum Gasteiger partial charge on any atom is -0.381 e. The second-order valence-corrected chi connectivity index (χ2v) is 10.0. The van der Waals surface area contributed by atoms with E-state index in [0.717, 1.165) is 16.5 Å². The van der Waals surface area contributed by atoms with E-state index < -0.39 is 29.7 Å². The Morgan fingerprint density at radius 1 is 1.14 bits per heavy atom. The number of fused-ring (bicyclic) bond motifs is 2. The van der Waals surface area contributed by atoms with Gasteiger partial charge in [0.2, 0.25) is 0 Å². The van der Waals surface area contributed by atoms with Gasteiger partial charge in [0.05, 0.1) is 6.04 Å². The highest BCUT2D eigenvalue weighted by molar-refractivity contribution is 6.31. The number of carbonyl (C=O) groups excluding carboxylic acids is 2. The number of aromatic amines is 1. The number of likely N-dealkylation sites (tertiary alicyclic amines) is 1. The van der Waals surface area contributed by atoms with E-state index in [1.165, 1.54) is 0 Å². The molecule has 5 rings (SSSR count). The van der Waals surface area contributed by atoms with E-state index in [2.05, 4.69) is 10.3 Å². The number of nitrogens with zero attached hydrogens (tertiary/aromatic N) is 1. The van der Waals surface area contributed by atoms with Gasteiger partial charge in [0.15, 0.2) is 11.9 Å². The van der Waals surface area contributed by atoms with E-state index in [0.29, 0.717) is 23.8 Å². The summed E-state index contributed by atoms with van der Waals surface area (Å²) < 4.78 is 11.7. The molecule has 3 aromatic rings. The van der Waals surface area contributed by atoms with Crippen LogP contribution in [0.4, 0.5) is 0 Å². The molecular weight excluding hydrogens is 470 g/mol. The van der Waals surface area contributed by atoms with Gasteiger partial charge in [-0.1, -0.05) is 41.9 Å². The topological polar surface area (TPSA) is 104 Å². The lowest BCUT2D eigenvalue weighted by atomic mass is 10.00. The number of hydrogen-bond acceptors (Lipinski definition) is 5. The molecule has 4 atom stereocenters. The van der Waals surface area contributed by atoms with Crippen molar-refractivity contribution in [2.24, 2.45) is 0 Å². The summed E-state index contributed by atoms with van der Waals surface area (Å²) >= 11 is 6.06. The predicted molar refractivity (Wildman–Crippen MR) is 131 cm³/mol. The Morgan fingerprint density at radius 3 is 2.51 bits per heavy atom. The zero-order chi connectivity index (χ0) is 24.7. The standard InChI is InChI=1S/C26H28ClN3O5/c1-26(2)34-21-13-30(14-22(21)35-26)25(33)23(31)19(10-15-6-4-3-5-7-15)29-24(32)20-12-16-11-17(27)8-9-18(16)28-20/h3-9,11-12,19,21-23,28,31H,10,13-14H2,1-2H3,(H,29,32)/t19?,21-,22+,23-/m1/s1. The van der Waals surface area contributed by atoms with Gasteiger partial charge in [0, 0.05) is 29.0 Å². The number of amides is 2. The minimum atomic E-state index is -1.44. The van der Waals surface area contributed by atoms with Crippen molar-refractivity contribution in [1.29, 1.82) is 0 Å². The van der Waals surface area contributed by atoms with E-state index >= 15 is 0 Å². The Labute approximate surface area is 208 Å².